The summed E-state index contributed by atoms with van der Waals surface area (Å²) in [5, 5.41) is 9.25. The van der Waals surface area contributed by atoms with Crippen molar-refractivity contribution in [3.05, 3.63) is 41.2 Å². The number of carbonyl (C=O) groups is 2. The minimum absolute atomic E-state index is 0.0661. The van der Waals surface area contributed by atoms with Gasteiger partial charge in [0.15, 0.2) is 5.69 Å². The average molecular weight is 368 g/mol. The van der Waals surface area contributed by atoms with E-state index < -0.39 is 5.97 Å². The van der Waals surface area contributed by atoms with Crippen LogP contribution in [0.4, 0.5) is 5.69 Å². The number of esters is 1. The van der Waals surface area contributed by atoms with Gasteiger partial charge in [0.05, 0.1) is 25.5 Å². The molecule has 0 saturated carbocycles. The molecule has 2 N–H and O–H groups in total. The highest BCUT2D eigenvalue weighted by Gasteiger charge is 2.24. The zero-order chi connectivity index (χ0) is 19.6. The second kappa shape index (κ2) is 7.41. The Balaban J connectivity index is 2.08. The standard InChI is InChI=1S/C19H20N4O4/c1-26-15-6-5-14(8-12(15)10-22-7-3-4-16(22)24)23-11-13(9-20)17(21)18(23)19(25)27-2/h5-6,8,11H,3-4,7,10,21H2,1-2H3. The molecule has 0 atom stereocenters. The molecule has 1 saturated heterocycles. The van der Waals surface area contributed by atoms with Crippen molar-refractivity contribution < 1.29 is 19.1 Å². The summed E-state index contributed by atoms with van der Waals surface area (Å²) >= 11 is 0. The van der Waals surface area contributed by atoms with Crippen molar-refractivity contribution in [1.82, 2.24) is 9.47 Å². The number of ether oxygens (including phenoxy) is 2. The van der Waals surface area contributed by atoms with Gasteiger partial charge in [0.25, 0.3) is 0 Å². The first kappa shape index (κ1) is 18.3. The fourth-order valence-electron chi connectivity index (χ4n) is 3.23. The van der Waals surface area contributed by atoms with Crippen LogP contribution < -0.4 is 10.5 Å². The van der Waals surface area contributed by atoms with Crippen LogP contribution in [-0.2, 0) is 16.1 Å². The Morgan fingerprint density at radius 3 is 2.74 bits per heavy atom. The van der Waals surface area contributed by atoms with Gasteiger partial charge in [-0.05, 0) is 24.6 Å². The lowest BCUT2D eigenvalue weighted by molar-refractivity contribution is -0.128. The lowest BCUT2D eigenvalue weighted by Gasteiger charge is -2.19. The fraction of sp³-hybridized carbons (Fsp3) is 0.316. The highest BCUT2D eigenvalue weighted by Crippen LogP contribution is 2.29. The van der Waals surface area contributed by atoms with Gasteiger partial charge in [-0.3, -0.25) is 4.79 Å². The van der Waals surface area contributed by atoms with Crippen LogP contribution in [-0.4, -0.2) is 42.1 Å². The van der Waals surface area contributed by atoms with Gasteiger partial charge >= 0.3 is 5.97 Å². The van der Waals surface area contributed by atoms with Crippen molar-refractivity contribution in [2.24, 2.45) is 0 Å². The molecule has 0 bridgehead atoms. The fourth-order valence-corrected chi connectivity index (χ4v) is 3.23. The van der Waals surface area contributed by atoms with Crippen molar-refractivity contribution in [2.75, 3.05) is 26.5 Å². The van der Waals surface area contributed by atoms with Crippen molar-refractivity contribution in [1.29, 1.82) is 5.26 Å². The summed E-state index contributed by atoms with van der Waals surface area (Å²) in [6.07, 6.45) is 2.88. The normalized spacial score (nSPS) is 13.5. The predicted molar refractivity (Wildman–Crippen MR) is 97.4 cm³/mol. The Kier molecular flexibility index (Phi) is 5.03. The quantitative estimate of drug-likeness (QED) is 0.807. The summed E-state index contributed by atoms with van der Waals surface area (Å²) in [6.45, 7) is 1.11. The Bertz CT molecular complexity index is 942. The second-order valence-electron chi connectivity index (χ2n) is 6.19. The molecule has 0 unspecified atom stereocenters. The molecule has 0 spiro atoms. The molecule has 27 heavy (non-hydrogen) atoms. The highest BCUT2D eigenvalue weighted by molar-refractivity contribution is 5.96. The van der Waals surface area contributed by atoms with Crippen LogP contribution in [0, 0.1) is 11.3 Å². The Morgan fingerprint density at radius 2 is 2.15 bits per heavy atom. The van der Waals surface area contributed by atoms with Crippen LogP contribution in [0.25, 0.3) is 5.69 Å². The molecule has 1 aromatic heterocycles. The average Bonchev–Trinajstić information content (AvgIpc) is 3.23. The second-order valence-corrected chi connectivity index (χ2v) is 6.19. The molecule has 1 amide bonds. The molecule has 0 aliphatic carbocycles. The van der Waals surface area contributed by atoms with Crippen molar-refractivity contribution in [3.8, 4) is 17.5 Å². The van der Waals surface area contributed by atoms with Gasteiger partial charge in [-0.2, -0.15) is 5.26 Å². The van der Waals surface area contributed by atoms with E-state index in [0.29, 0.717) is 30.9 Å². The monoisotopic (exact) mass is 368 g/mol. The molecular formula is C19H20N4O4. The Labute approximate surface area is 156 Å². The number of nitrogen functional groups attached to an aromatic ring is 1. The summed E-state index contributed by atoms with van der Waals surface area (Å²) in [4.78, 5) is 25.9. The van der Waals surface area contributed by atoms with Crippen molar-refractivity contribution in [2.45, 2.75) is 19.4 Å². The molecule has 2 heterocycles. The van der Waals surface area contributed by atoms with Gasteiger partial charge in [-0.25, -0.2) is 4.79 Å². The van der Waals surface area contributed by atoms with Crippen molar-refractivity contribution >= 4 is 17.6 Å². The first-order valence-electron chi connectivity index (χ1n) is 8.44. The van der Waals surface area contributed by atoms with E-state index in [4.69, 9.17) is 15.2 Å². The number of nitrogens with zero attached hydrogens (tertiary/aromatic N) is 3. The highest BCUT2D eigenvalue weighted by atomic mass is 16.5. The van der Waals surface area contributed by atoms with E-state index in [1.807, 2.05) is 12.1 Å². The van der Waals surface area contributed by atoms with Crippen LogP contribution in [0.3, 0.4) is 0 Å². The van der Waals surface area contributed by atoms with Gasteiger partial charge < -0.3 is 24.7 Å². The lowest BCUT2D eigenvalue weighted by atomic mass is 10.1. The zero-order valence-electron chi connectivity index (χ0n) is 15.2. The zero-order valence-corrected chi connectivity index (χ0v) is 15.2. The topological polar surface area (TPSA) is 111 Å². The lowest BCUT2D eigenvalue weighted by Crippen LogP contribution is -2.24. The number of anilines is 1. The van der Waals surface area contributed by atoms with Gasteiger partial charge in [0.2, 0.25) is 5.91 Å². The van der Waals surface area contributed by atoms with E-state index in [1.165, 1.54) is 17.9 Å². The van der Waals surface area contributed by atoms with Gasteiger partial charge in [-0.1, -0.05) is 0 Å². The first-order chi connectivity index (χ1) is 13.0. The number of nitrogens with two attached hydrogens (primary N) is 1. The number of nitriles is 1. The Hall–Kier alpha value is -3.47. The minimum Gasteiger partial charge on any atom is -0.496 e. The molecule has 1 aromatic carbocycles. The maximum absolute atomic E-state index is 12.2. The number of hydrogen-bond donors (Lipinski definition) is 1. The third kappa shape index (κ3) is 3.31. The van der Waals surface area contributed by atoms with E-state index in [2.05, 4.69) is 0 Å². The molecule has 2 aromatic rings. The number of aromatic nitrogens is 1. The largest absolute Gasteiger partial charge is 0.496 e. The number of benzene rings is 1. The molecule has 3 rings (SSSR count). The van der Waals surface area contributed by atoms with Crippen LogP contribution >= 0.6 is 0 Å². The summed E-state index contributed by atoms with van der Waals surface area (Å²) in [5.41, 5.74) is 7.70. The Morgan fingerprint density at radius 1 is 1.37 bits per heavy atom. The molecule has 1 fully saturated rings. The van der Waals surface area contributed by atoms with E-state index in [1.54, 1.807) is 24.1 Å². The number of rotatable bonds is 5. The molecule has 140 valence electrons. The van der Waals surface area contributed by atoms with Gasteiger partial charge in [-0.15, -0.1) is 0 Å². The van der Waals surface area contributed by atoms with E-state index in [-0.39, 0.29) is 22.9 Å². The third-order valence-electron chi connectivity index (χ3n) is 4.62. The predicted octanol–water partition coefficient (Wildman–Crippen LogP) is 1.85. The summed E-state index contributed by atoms with van der Waals surface area (Å²) < 4.78 is 11.7. The van der Waals surface area contributed by atoms with Crippen LogP contribution in [0.1, 0.15) is 34.5 Å². The smallest absolute Gasteiger partial charge is 0.357 e. The number of amides is 1. The van der Waals surface area contributed by atoms with E-state index in [9.17, 15) is 14.9 Å². The van der Waals surface area contributed by atoms with Gasteiger partial charge in [0.1, 0.15) is 11.8 Å². The van der Waals surface area contributed by atoms with E-state index >= 15 is 0 Å². The number of hydrogen-bond acceptors (Lipinski definition) is 6. The maximum atomic E-state index is 12.2. The van der Waals surface area contributed by atoms with Crippen LogP contribution in [0.5, 0.6) is 5.75 Å². The molecular weight excluding hydrogens is 348 g/mol. The molecule has 8 heteroatoms. The number of methoxy groups -OCH3 is 2. The minimum atomic E-state index is -0.638. The molecule has 1 aliphatic heterocycles. The van der Waals surface area contributed by atoms with Gasteiger partial charge in [0, 0.05) is 37.0 Å². The molecule has 8 nitrogen and oxygen atoms in total. The van der Waals surface area contributed by atoms with Crippen LogP contribution in [0.2, 0.25) is 0 Å². The SMILES string of the molecule is COC(=O)c1c(N)c(C#N)cn1-c1ccc(OC)c(CN2CCCC2=O)c1. The maximum Gasteiger partial charge on any atom is 0.357 e. The summed E-state index contributed by atoms with van der Waals surface area (Å²) in [7, 11) is 2.81. The summed E-state index contributed by atoms with van der Waals surface area (Å²) in [6, 6.07) is 7.30. The third-order valence-corrected chi connectivity index (χ3v) is 4.62. The molecule has 0 radical (unpaired) electrons. The molecule has 1 aliphatic rings. The van der Waals surface area contributed by atoms with E-state index in [0.717, 1.165) is 12.0 Å². The first-order valence-corrected chi connectivity index (χ1v) is 8.44. The van der Waals surface area contributed by atoms with Crippen molar-refractivity contribution in [3.63, 3.8) is 0 Å². The number of carbonyl (C=O) groups excluding carboxylic acids is 2. The van der Waals surface area contributed by atoms with Crippen LogP contribution in [0.15, 0.2) is 24.4 Å². The number of likely N-dealkylation sites (tertiary alicyclic amines) is 1. The summed E-state index contributed by atoms with van der Waals surface area (Å²) in [5.74, 6) is 0.106.